The molecule has 0 saturated carbocycles. The van der Waals surface area contributed by atoms with E-state index in [9.17, 15) is 110 Å². The van der Waals surface area contributed by atoms with Gasteiger partial charge in [0.1, 0.15) is 11.6 Å². The van der Waals surface area contributed by atoms with Gasteiger partial charge in [-0.25, -0.2) is 80.7 Å². The highest BCUT2D eigenvalue weighted by Gasteiger charge is 2.38. The van der Waals surface area contributed by atoms with Crippen molar-refractivity contribution in [2.45, 2.75) is 89.4 Å². The van der Waals surface area contributed by atoms with Crippen LogP contribution in [0.15, 0.2) is 150 Å². The highest BCUT2D eigenvalue weighted by Crippen LogP contribution is 2.34. The first kappa shape index (κ1) is 106. The number of piperidine rings is 6. The van der Waals surface area contributed by atoms with Gasteiger partial charge in [0.25, 0.3) is 0 Å². The normalized spacial score (nSPS) is 20.4. The fourth-order valence-electron chi connectivity index (χ4n) is 14.1. The second-order valence-electron chi connectivity index (χ2n) is 31.1. The van der Waals surface area contributed by atoms with Crippen LogP contribution in [0.1, 0.15) is 88.2 Å². The number of halogens is 9. The number of carbonyl (C=O) groups is 6. The van der Waals surface area contributed by atoms with Gasteiger partial charge in [-0.2, -0.15) is 26.3 Å². The Kier molecular flexibility index (Phi) is 39.1. The van der Waals surface area contributed by atoms with Crippen molar-refractivity contribution in [2.75, 3.05) is 155 Å². The van der Waals surface area contributed by atoms with Gasteiger partial charge >= 0.3 is 12.4 Å². The zero-order valence-electron chi connectivity index (χ0n) is 70.6. The van der Waals surface area contributed by atoms with E-state index >= 15 is 0 Å². The van der Waals surface area contributed by atoms with Crippen molar-refractivity contribution in [2.24, 2.45) is 35.5 Å². The number of nitrogens with one attached hydrogen (secondary N) is 6. The van der Waals surface area contributed by atoms with Crippen LogP contribution in [0.5, 0.6) is 5.75 Å². The molecule has 702 valence electrons. The van der Waals surface area contributed by atoms with E-state index in [1.54, 1.807) is 67.8 Å². The third kappa shape index (κ3) is 35.8. The minimum absolute atomic E-state index is 0.0429. The van der Waals surface area contributed by atoms with Crippen LogP contribution >= 0.6 is 27.5 Å². The number of methoxy groups -OCH3 is 1. The number of amides is 6. The summed E-state index contributed by atoms with van der Waals surface area (Å²) >= 11 is 9.20. The van der Waals surface area contributed by atoms with Crippen LogP contribution < -0.4 is 36.6 Å². The summed E-state index contributed by atoms with van der Waals surface area (Å²) in [5.41, 5.74) is 1.01. The highest BCUT2D eigenvalue weighted by molar-refractivity contribution is 9.10. The summed E-state index contributed by atoms with van der Waals surface area (Å²) in [6, 6.07) is 35.4. The minimum atomic E-state index is -4.49. The molecule has 6 saturated heterocycles. The zero-order valence-corrected chi connectivity index (χ0v) is 77.8. The van der Waals surface area contributed by atoms with Gasteiger partial charge in [0.15, 0.2) is 0 Å². The van der Waals surface area contributed by atoms with E-state index in [-0.39, 0.29) is 92.0 Å². The molecule has 31 nitrogen and oxygen atoms in total. The number of sulfonamides is 6. The Labute approximate surface area is 750 Å². The van der Waals surface area contributed by atoms with Crippen molar-refractivity contribution < 1.29 is 115 Å². The van der Waals surface area contributed by atoms with E-state index < -0.39 is 119 Å². The van der Waals surface area contributed by atoms with Gasteiger partial charge in [-0.05, 0) is 186 Å². The van der Waals surface area contributed by atoms with Crippen molar-refractivity contribution in [3.8, 4) is 5.75 Å². The predicted octanol–water partition coefficient (Wildman–Crippen LogP) is 11.4. The maximum atomic E-state index is 13.0. The van der Waals surface area contributed by atoms with Crippen LogP contribution in [0.2, 0.25) is 5.02 Å². The standard InChI is InChI=1S/2C14H17F3N2O3S.C14H20N2O4S.C13H17BrN2O3S.C13H17ClN2O3S.C13H17FN2O3S/c1-23(21,22)19-7-3-4-10(9-19)13(20)18-12-6-2-5-11(8-12)14(15,16)17;1-23(21,22)19-8-2-3-10(9-19)13(20)18-12-6-4-11(5-7-12)14(15,16)17;1-20-13-7-3-6-12(9-13)15-14(17)11-5-4-8-16(10-11)21(2,18)19;3*1-20(18,19)16-7-3-4-10(9-16)13(17)15-12-6-2-5-11(14)8-12/h2,5-6,8,10H,3-4,7,9H2,1H3,(H,18,20);4-7,10H,2-3,8-9H2,1H3,(H,18,20);3,6-7,9,11H,4-5,8,10H2,1-2H3,(H,15,17);3*2,5-6,8,10H,3-4,7,9H2,1H3,(H,15,17)/t2*10-;11-;3*10-/m000000/s1. The zero-order chi connectivity index (χ0) is 94.2. The Bertz CT molecular complexity index is 5280. The lowest BCUT2D eigenvalue weighted by Gasteiger charge is -2.30. The van der Waals surface area contributed by atoms with Crippen LogP contribution in [-0.4, -0.2) is 235 Å². The lowest BCUT2D eigenvalue weighted by Crippen LogP contribution is -2.43. The minimum Gasteiger partial charge on any atom is -0.497 e. The molecule has 0 bridgehead atoms. The molecule has 12 rings (SSSR count). The molecule has 6 atom stereocenters. The quantitative estimate of drug-likeness (QED) is 0.0410. The SMILES string of the molecule is COc1cccc(NC(=O)[C@H]2CCCN(S(C)(=O)=O)C2)c1.CS(=O)(=O)N1CCC[C@H](C(=O)Nc2ccc(C(F)(F)F)cc2)C1.CS(=O)(=O)N1CCC[C@H](C(=O)Nc2cccc(Br)c2)C1.CS(=O)(=O)N1CCC[C@H](C(=O)Nc2cccc(C(F)(F)F)c2)C1.CS(=O)(=O)N1CCC[C@H](C(=O)Nc2cccc(Cl)c2)C1.CS(=O)(=O)N1CCC[C@H](C(=O)Nc2cccc(F)c2)C1. The fourth-order valence-corrected chi connectivity index (χ4v) is 20.2. The molecule has 0 aromatic heterocycles. The smallest absolute Gasteiger partial charge is 0.416 e. The molecule has 0 unspecified atom stereocenters. The van der Waals surface area contributed by atoms with Gasteiger partial charge in [0.2, 0.25) is 95.6 Å². The van der Waals surface area contributed by atoms with Gasteiger partial charge in [-0.1, -0.05) is 57.9 Å². The maximum Gasteiger partial charge on any atom is 0.416 e. The molecule has 6 fully saturated rings. The molecule has 6 heterocycles. The van der Waals surface area contributed by atoms with Crippen molar-refractivity contribution in [3.05, 3.63) is 172 Å². The number of carbonyl (C=O) groups excluding carboxylic acids is 6. The van der Waals surface area contributed by atoms with Crippen molar-refractivity contribution >= 4 is 157 Å². The maximum absolute atomic E-state index is 13.0. The molecule has 0 radical (unpaired) electrons. The first-order chi connectivity index (χ1) is 59.1. The number of benzene rings is 6. The Morgan fingerprint density at radius 1 is 0.339 bits per heavy atom. The molecule has 6 aliphatic rings. The lowest BCUT2D eigenvalue weighted by molar-refractivity contribution is -0.138. The van der Waals surface area contributed by atoms with E-state index in [1.165, 1.54) is 87.1 Å². The molecule has 127 heavy (non-hydrogen) atoms. The van der Waals surface area contributed by atoms with E-state index in [0.29, 0.717) is 150 Å². The molecule has 6 aromatic carbocycles. The highest BCUT2D eigenvalue weighted by atomic mass is 79.9. The number of anilines is 6. The summed E-state index contributed by atoms with van der Waals surface area (Å²) < 4.78 is 241. The molecule has 0 spiro atoms. The second kappa shape index (κ2) is 47.0. The summed E-state index contributed by atoms with van der Waals surface area (Å²) in [5, 5.41) is 16.6. The predicted molar refractivity (Wildman–Crippen MR) is 474 cm³/mol. The molecule has 6 amide bonds. The average molecular weight is 1990 g/mol. The Morgan fingerprint density at radius 3 is 0.882 bits per heavy atom. The third-order valence-corrected chi connectivity index (χ3v) is 29.2. The largest absolute Gasteiger partial charge is 0.497 e. The molecular formula is C81H105BrClF7N12O19S6. The van der Waals surface area contributed by atoms with Crippen LogP contribution in [0.25, 0.3) is 0 Å². The summed E-state index contributed by atoms with van der Waals surface area (Å²) in [6.07, 6.45) is 5.53. The molecule has 6 aromatic rings. The average Bonchev–Trinajstić information content (AvgIpc) is 0.832. The fraction of sp³-hybridized carbons (Fsp3) is 0.481. The Hall–Kier alpha value is -8.32. The van der Waals surface area contributed by atoms with Crippen molar-refractivity contribution in [1.82, 2.24) is 25.8 Å². The van der Waals surface area contributed by atoms with Crippen molar-refractivity contribution in [3.63, 3.8) is 0 Å². The summed E-state index contributed by atoms with van der Waals surface area (Å²) in [5.74, 6) is -3.78. The van der Waals surface area contributed by atoms with Crippen LogP contribution in [0.3, 0.4) is 0 Å². The first-order valence-corrected chi connectivity index (χ1v) is 52.2. The first-order valence-electron chi connectivity index (χ1n) is 39.9. The monoisotopic (exact) mass is 1990 g/mol. The van der Waals surface area contributed by atoms with Gasteiger partial charge < -0.3 is 36.6 Å². The van der Waals surface area contributed by atoms with Crippen LogP contribution in [0, 0.1) is 41.3 Å². The summed E-state index contributed by atoms with van der Waals surface area (Å²) in [7, 11) is -18.2. The molecule has 0 aliphatic carbocycles. The molecular weight excluding hydrogens is 1890 g/mol. The van der Waals surface area contributed by atoms with Crippen LogP contribution in [-0.2, 0) is 101 Å². The molecule has 6 aliphatic heterocycles. The number of alkyl halides is 6. The van der Waals surface area contributed by atoms with Crippen LogP contribution in [0.4, 0.5) is 64.9 Å². The molecule has 46 heteroatoms. The van der Waals surface area contributed by atoms with E-state index in [1.807, 2.05) is 18.2 Å². The van der Waals surface area contributed by atoms with Gasteiger partial charge in [0, 0.05) is 128 Å². The Morgan fingerprint density at radius 2 is 0.598 bits per heavy atom. The van der Waals surface area contributed by atoms with E-state index in [0.717, 1.165) is 47.5 Å². The molecule has 6 N–H and O–H groups in total. The second-order valence-corrected chi connectivity index (χ2v) is 44.4. The topological polar surface area (TPSA) is 408 Å². The number of hydrogen-bond acceptors (Lipinski definition) is 19. The van der Waals surface area contributed by atoms with E-state index in [2.05, 4.69) is 47.8 Å². The number of ether oxygens (including phenoxy) is 1. The van der Waals surface area contributed by atoms with E-state index in [4.69, 9.17) is 16.3 Å². The number of nitrogens with zero attached hydrogens (tertiary/aromatic N) is 6. The lowest BCUT2D eigenvalue weighted by atomic mass is 9.98. The van der Waals surface area contributed by atoms with Gasteiger partial charge in [-0.3, -0.25) is 28.8 Å². The Balaban J connectivity index is 0.000000209. The third-order valence-electron chi connectivity index (χ3n) is 20.9. The number of rotatable bonds is 19. The summed E-state index contributed by atoms with van der Waals surface area (Å²) in [4.78, 5) is 73.1. The van der Waals surface area contributed by atoms with Crippen molar-refractivity contribution in [1.29, 1.82) is 0 Å². The van der Waals surface area contributed by atoms with Gasteiger partial charge in [-0.15, -0.1) is 0 Å². The van der Waals surface area contributed by atoms with Gasteiger partial charge in [0.05, 0.1) is 91.3 Å². The summed E-state index contributed by atoms with van der Waals surface area (Å²) in [6.45, 7) is 3.71. The number of hydrogen-bond donors (Lipinski definition) is 6.